The second-order valence-corrected chi connectivity index (χ2v) is 6.36. The van der Waals surface area contributed by atoms with Crippen LogP contribution in [-0.4, -0.2) is 41.2 Å². The normalized spacial score (nSPS) is 15.7. The Hall–Kier alpha value is -2.74. The fourth-order valence-corrected chi connectivity index (χ4v) is 3.22. The Kier molecular flexibility index (Phi) is 3.96. The summed E-state index contributed by atoms with van der Waals surface area (Å²) >= 11 is 0. The summed E-state index contributed by atoms with van der Waals surface area (Å²) < 4.78 is 3.65. The molecule has 0 aromatic carbocycles. The van der Waals surface area contributed by atoms with Crippen LogP contribution in [0.3, 0.4) is 0 Å². The molecule has 130 valence electrons. The molecule has 0 amide bonds. The van der Waals surface area contributed by atoms with Crippen LogP contribution in [0.5, 0.6) is 0 Å². The smallest absolute Gasteiger partial charge is 0.147 e. The van der Waals surface area contributed by atoms with Gasteiger partial charge in [0.2, 0.25) is 0 Å². The van der Waals surface area contributed by atoms with E-state index in [-0.39, 0.29) is 0 Å². The zero-order valence-corrected chi connectivity index (χ0v) is 14.4. The Morgan fingerprint density at radius 1 is 1.24 bits per heavy atom. The van der Waals surface area contributed by atoms with Gasteiger partial charge in [-0.15, -0.1) is 0 Å². The Bertz CT molecular complexity index is 885. The number of anilines is 1. The maximum absolute atomic E-state index is 10.6. The van der Waals surface area contributed by atoms with Crippen molar-refractivity contribution in [2.45, 2.75) is 32.5 Å². The zero-order valence-electron chi connectivity index (χ0n) is 14.4. The van der Waals surface area contributed by atoms with Gasteiger partial charge >= 0.3 is 0 Å². The summed E-state index contributed by atoms with van der Waals surface area (Å²) in [5.41, 5.74) is 3.35. The minimum atomic E-state index is -0.779. The number of fused-ring (bicyclic) bond motifs is 1. The summed E-state index contributed by atoms with van der Waals surface area (Å²) in [6.45, 7) is 4.37. The number of aromatic nitrogens is 6. The number of aryl methyl sites for hydroxylation is 3. The molecule has 1 aliphatic heterocycles. The van der Waals surface area contributed by atoms with Gasteiger partial charge in [-0.05, 0) is 25.5 Å². The number of nitrogens with zero attached hydrogens (tertiary/aromatic N) is 7. The van der Waals surface area contributed by atoms with Crippen LogP contribution >= 0.6 is 0 Å². The summed E-state index contributed by atoms with van der Waals surface area (Å²) in [6, 6.07) is 3.78. The monoisotopic (exact) mass is 339 g/mol. The molecule has 0 saturated heterocycles. The van der Waals surface area contributed by atoms with Crippen LogP contribution < -0.4 is 4.90 Å². The third-order valence-electron chi connectivity index (χ3n) is 4.52. The van der Waals surface area contributed by atoms with Crippen LogP contribution in [0, 0.1) is 6.92 Å². The van der Waals surface area contributed by atoms with E-state index in [9.17, 15) is 5.11 Å². The maximum atomic E-state index is 10.6. The molecule has 1 aliphatic rings. The second-order valence-electron chi connectivity index (χ2n) is 6.36. The Balaban J connectivity index is 1.62. The molecule has 0 aliphatic carbocycles. The van der Waals surface area contributed by atoms with Gasteiger partial charge in [0.05, 0.1) is 35.5 Å². The SMILES string of the molecule is Cc1cncc(N2CCCn3nc([C@H](O)c4ccnn4C)cc3C2)n1. The molecule has 0 unspecified atom stereocenters. The maximum Gasteiger partial charge on any atom is 0.147 e. The summed E-state index contributed by atoms with van der Waals surface area (Å²) in [5.74, 6) is 0.878. The third kappa shape index (κ3) is 3.00. The van der Waals surface area contributed by atoms with Crippen molar-refractivity contribution in [3.05, 3.63) is 53.5 Å². The minimum absolute atomic E-state index is 0.649. The summed E-state index contributed by atoms with van der Waals surface area (Å²) in [6.07, 6.45) is 5.42. The number of rotatable bonds is 3. The first kappa shape index (κ1) is 15.8. The van der Waals surface area contributed by atoms with Crippen LogP contribution in [0.25, 0.3) is 0 Å². The van der Waals surface area contributed by atoms with Gasteiger partial charge in [0.25, 0.3) is 0 Å². The predicted molar refractivity (Wildman–Crippen MR) is 91.9 cm³/mol. The van der Waals surface area contributed by atoms with Crippen molar-refractivity contribution in [1.82, 2.24) is 29.5 Å². The number of hydrogen-bond acceptors (Lipinski definition) is 6. The molecule has 3 aromatic rings. The lowest BCUT2D eigenvalue weighted by Crippen LogP contribution is -2.24. The van der Waals surface area contributed by atoms with Crippen molar-refractivity contribution < 1.29 is 5.11 Å². The van der Waals surface area contributed by atoms with E-state index in [1.54, 1.807) is 23.3 Å². The minimum Gasteiger partial charge on any atom is -0.380 e. The molecule has 1 atom stereocenters. The van der Waals surface area contributed by atoms with Gasteiger partial charge in [0.15, 0.2) is 0 Å². The second kappa shape index (κ2) is 6.29. The highest BCUT2D eigenvalue weighted by Gasteiger charge is 2.22. The lowest BCUT2D eigenvalue weighted by atomic mass is 10.2. The van der Waals surface area contributed by atoms with Crippen molar-refractivity contribution in [2.75, 3.05) is 11.4 Å². The van der Waals surface area contributed by atoms with Gasteiger partial charge in [0.1, 0.15) is 11.9 Å². The number of aliphatic hydroxyl groups excluding tert-OH is 1. The molecule has 0 spiro atoms. The fourth-order valence-electron chi connectivity index (χ4n) is 3.22. The molecule has 8 heteroatoms. The predicted octanol–water partition coefficient (Wildman–Crippen LogP) is 1.21. The fraction of sp³-hybridized carbons (Fsp3) is 0.412. The Morgan fingerprint density at radius 2 is 2.12 bits per heavy atom. The average Bonchev–Trinajstić information content (AvgIpc) is 3.15. The largest absolute Gasteiger partial charge is 0.380 e. The van der Waals surface area contributed by atoms with Crippen LogP contribution in [0.1, 0.15) is 35.3 Å². The van der Waals surface area contributed by atoms with Crippen molar-refractivity contribution in [3.8, 4) is 0 Å². The molecule has 0 bridgehead atoms. The van der Waals surface area contributed by atoms with Crippen molar-refractivity contribution >= 4 is 5.82 Å². The summed E-state index contributed by atoms with van der Waals surface area (Å²) in [7, 11) is 1.82. The van der Waals surface area contributed by atoms with Crippen LogP contribution in [0.15, 0.2) is 30.7 Å². The molecular weight excluding hydrogens is 318 g/mol. The summed E-state index contributed by atoms with van der Waals surface area (Å²) in [4.78, 5) is 11.0. The van der Waals surface area contributed by atoms with E-state index in [0.717, 1.165) is 42.4 Å². The molecule has 8 nitrogen and oxygen atoms in total. The first-order valence-electron chi connectivity index (χ1n) is 8.38. The van der Waals surface area contributed by atoms with Crippen molar-refractivity contribution in [1.29, 1.82) is 0 Å². The van der Waals surface area contributed by atoms with E-state index in [4.69, 9.17) is 0 Å². The third-order valence-corrected chi connectivity index (χ3v) is 4.52. The van der Waals surface area contributed by atoms with Crippen molar-refractivity contribution in [3.63, 3.8) is 0 Å². The molecule has 4 rings (SSSR count). The van der Waals surface area contributed by atoms with E-state index >= 15 is 0 Å². The highest BCUT2D eigenvalue weighted by Crippen LogP contribution is 2.24. The summed E-state index contributed by atoms with van der Waals surface area (Å²) in [5, 5.41) is 19.4. The molecule has 25 heavy (non-hydrogen) atoms. The molecule has 1 N–H and O–H groups in total. The first-order chi connectivity index (χ1) is 12.1. The van der Waals surface area contributed by atoms with Crippen LogP contribution in [0.2, 0.25) is 0 Å². The lowest BCUT2D eigenvalue weighted by molar-refractivity contribution is 0.203. The van der Waals surface area contributed by atoms with Gasteiger partial charge in [-0.3, -0.25) is 14.3 Å². The average molecular weight is 339 g/mol. The number of aliphatic hydroxyl groups is 1. The zero-order chi connectivity index (χ0) is 17.4. The van der Waals surface area contributed by atoms with E-state index in [1.165, 1.54) is 0 Å². The van der Waals surface area contributed by atoms with E-state index < -0.39 is 6.10 Å². The number of hydrogen-bond donors (Lipinski definition) is 1. The van der Waals surface area contributed by atoms with Crippen LogP contribution in [-0.2, 0) is 20.1 Å². The van der Waals surface area contributed by atoms with E-state index in [2.05, 4.69) is 25.1 Å². The Morgan fingerprint density at radius 3 is 2.88 bits per heavy atom. The van der Waals surface area contributed by atoms with Gasteiger partial charge in [0, 0.05) is 32.5 Å². The Labute approximate surface area is 145 Å². The molecule has 0 radical (unpaired) electrons. The van der Waals surface area contributed by atoms with E-state index in [0.29, 0.717) is 12.2 Å². The lowest BCUT2D eigenvalue weighted by Gasteiger charge is -2.20. The van der Waals surface area contributed by atoms with Gasteiger partial charge in [-0.2, -0.15) is 10.2 Å². The standard InChI is InChI=1S/C17H21N7O/c1-12-9-18-10-16(20-12)23-6-3-7-24-13(11-23)8-14(21-24)17(25)15-4-5-19-22(15)2/h4-5,8-10,17,25H,3,6-7,11H2,1-2H3/t17-/m0/s1. The highest BCUT2D eigenvalue weighted by atomic mass is 16.3. The quantitative estimate of drug-likeness (QED) is 0.772. The van der Waals surface area contributed by atoms with Gasteiger partial charge in [-0.1, -0.05) is 0 Å². The molecule has 4 heterocycles. The molecule has 0 saturated carbocycles. The van der Waals surface area contributed by atoms with E-state index in [1.807, 2.05) is 30.8 Å². The highest BCUT2D eigenvalue weighted by molar-refractivity contribution is 5.38. The molecule has 3 aromatic heterocycles. The van der Waals surface area contributed by atoms with Crippen molar-refractivity contribution in [2.24, 2.45) is 7.05 Å². The molecular formula is C17H21N7O. The molecule has 0 fully saturated rings. The van der Waals surface area contributed by atoms with Gasteiger partial charge < -0.3 is 10.0 Å². The topological polar surface area (TPSA) is 84.9 Å². The first-order valence-corrected chi connectivity index (χ1v) is 8.38. The van der Waals surface area contributed by atoms with Crippen LogP contribution in [0.4, 0.5) is 5.82 Å². The van der Waals surface area contributed by atoms with Gasteiger partial charge in [-0.25, -0.2) is 4.98 Å².